The molecule has 5 heteroatoms. The smallest absolute Gasteiger partial charge is 0.235 e. The van der Waals surface area contributed by atoms with Crippen molar-refractivity contribution in [1.29, 1.82) is 0 Å². The summed E-state index contributed by atoms with van der Waals surface area (Å²) in [5, 5.41) is 6.69. The molecule has 0 aromatic heterocycles. The molecule has 1 aromatic rings. The van der Waals surface area contributed by atoms with Crippen LogP contribution in [0.4, 0.5) is 0 Å². The first-order valence-corrected chi connectivity index (χ1v) is 8.82. The van der Waals surface area contributed by atoms with E-state index in [4.69, 9.17) is 11.6 Å². The number of carbonyl (C=O) groups excluding carboxylic acids is 2. The van der Waals surface area contributed by atoms with Gasteiger partial charge in [-0.2, -0.15) is 0 Å². The highest BCUT2D eigenvalue weighted by atomic mass is 35.5. The van der Waals surface area contributed by atoms with Crippen LogP contribution in [-0.4, -0.2) is 24.4 Å². The van der Waals surface area contributed by atoms with Gasteiger partial charge in [-0.25, -0.2) is 0 Å². The summed E-state index contributed by atoms with van der Waals surface area (Å²) in [6.45, 7) is 0.541. The van der Waals surface area contributed by atoms with Gasteiger partial charge >= 0.3 is 0 Å². The maximum Gasteiger partial charge on any atom is 0.235 e. The molecule has 0 spiro atoms. The summed E-state index contributed by atoms with van der Waals surface area (Å²) >= 11 is 5.85. The molecule has 2 aliphatic rings. The van der Waals surface area contributed by atoms with Crippen LogP contribution in [0.3, 0.4) is 0 Å². The molecule has 2 saturated carbocycles. The van der Waals surface area contributed by atoms with Crippen LogP contribution in [0.25, 0.3) is 0 Å². The molecule has 2 aliphatic carbocycles. The molecule has 0 unspecified atom stereocenters. The van der Waals surface area contributed by atoms with Crippen LogP contribution in [0.2, 0.25) is 5.02 Å². The van der Waals surface area contributed by atoms with Crippen LogP contribution in [0, 0.1) is 5.41 Å². The van der Waals surface area contributed by atoms with Crippen molar-refractivity contribution in [3.8, 4) is 0 Å². The molecule has 0 aliphatic heterocycles. The average molecular weight is 335 g/mol. The van der Waals surface area contributed by atoms with Gasteiger partial charge in [-0.1, -0.05) is 36.6 Å². The summed E-state index contributed by atoms with van der Waals surface area (Å²) in [6, 6.07) is 7.86. The lowest BCUT2D eigenvalue weighted by molar-refractivity contribution is -0.137. The van der Waals surface area contributed by atoms with Crippen molar-refractivity contribution in [3.05, 3.63) is 34.9 Å². The zero-order valence-corrected chi connectivity index (χ0v) is 14.0. The fourth-order valence-electron chi connectivity index (χ4n) is 3.22. The summed E-state index contributed by atoms with van der Waals surface area (Å²) < 4.78 is 0. The predicted molar refractivity (Wildman–Crippen MR) is 90.2 cm³/mol. The number of carbonyl (C=O) groups is 2. The highest BCUT2D eigenvalue weighted by Crippen LogP contribution is 2.46. The van der Waals surface area contributed by atoms with Gasteiger partial charge in [0.2, 0.25) is 11.8 Å². The van der Waals surface area contributed by atoms with Crippen molar-refractivity contribution < 1.29 is 9.59 Å². The van der Waals surface area contributed by atoms with Gasteiger partial charge in [0.25, 0.3) is 0 Å². The van der Waals surface area contributed by atoms with Crippen LogP contribution in [-0.2, 0) is 16.0 Å². The Labute approximate surface area is 142 Å². The van der Waals surface area contributed by atoms with Crippen LogP contribution in [0.1, 0.15) is 44.1 Å². The summed E-state index contributed by atoms with van der Waals surface area (Å²) in [5.41, 5.74) is 0.317. The lowest BCUT2D eigenvalue weighted by Gasteiger charge is -2.18. The van der Waals surface area contributed by atoms with Crippen molar-refractivity contribution in [1.82, 2.24) is 10.6 Å². The predicted octanol–water partition coefficient (Wildman–Crippen LogP) is 2.84. The van der Waals surface area contributed by atoms with Gasteiger partial charge in [-0.05, 0) is 49.8 Å². The van der Waals surface area contributed by atoms with Gasteiger partial charge in [0, 0.05) is 17.6 Å². The minimum atomic E-state index is -0.803. The number of halogens is 1. The monoisotopic (exact) mass is 334 g/mol. The van der Waals surface area contributed by atoms with Crippen LogP contribution in [0.5, 0.6) is 0 Å². The van der Waals surface area contributed by atoms with E-state index in [1.54, 1.807) is 0 Å². The standard InChI is InChI=1S/C18H23ClN2O2/c19-14-7-5-13(6-8-14)9-12-20-16(22)18(10-11-18)17(23)21-15-3-1-2-4-15/h5-8,15H,1-4,9-12H2,(H,20,22)(H,21,23). The van der Waals surface area contributed by atoms with E-state index in [0.717, 1.165) is 24.8 Å². The van der Waals surface area contributed by atoms with Gasteiger partial charge in [0.15, 0.2) is 0 Å². The molecule has 0 atom stereocenters. The number of rotatable bonds is 6. The lowest BCUT2D eigenvalue weighted by atomic mass is 10.0. The minimum Gasteiger partial charge on any atom is -0.355 e. The Balaban J connectivity index is 1.47. The topological polar surface area (TPSA) is 58.2 Å². The molecule has 4 nitrogen and oxygen atoms in total. The van der Waals surface area contributed by atoms with Gasteiger partial charge in [-0.3, -0.25) is 9.59 Å². The van der Waals surface area contributed by atoms with E-state index in [-0.39, 0.29) is 17.9 Å². The van der Waals surface area contributed by atoms with Crippen LogP contribution < -0.4 is 10.6 Å². The summed E-state index contributed by atoms with van der Waals surface area (Å²) in [4.78, 5) is 24.8. The second-order valence-electron chi connectivity index (χ2n) is 6.67. The maximum absolute atomic E-state index is 12.4. The molecule has 23 heavy (non-hydrogen) atoms. The van der Waals surface area contributed by atoms with E-state index in [9.17, 15) is 9.59 Å². The van der Waals surface area contributed by atoms with Gasteiger partial charge < -0.3 is 10.6 Å². The molecule has 3 rings (SSSR count). The molecule has 2 amide bonds. The second-order valence-corrected chi connectivity index (χ2v) is 7.11. The van der Waals surface area contributed by atoms with Crippen molar-refractivity contribution in [3.63, 3.8) is 0 Å². The fraction of sp³-hybridized carbons (Fsp3) is 0.556. The Bertz CT molecular complexity index is 575. The molecule has 0 bridgehead atoms. The molecule has 124 valence electrons. The third-order valence-corrected chi connectivity index (χ3v) is 5.17. The summed E-state index contributed by atoms with van der Waals surface area (Å²) in [7, 11) is 0. The first kappa shape index (κ1) is 16.3. The van der Waals surface area contributed by atoms with E-state index in [1.807, 2.05) is 24.3 Å². The molecule has 1 aromatic carbocycles. The number of hydrogen-bond donors (Lipinski definition) is 2. The fourth-order valence-corrected chi connectivity index (χ4v) is 3.34. The number of benzene rings is 1. The van der Waals surface area contributed by atoms with Crippen molar-refractivity contribution in [2.75, 3.05) is 6.54 Å². The Morgan fingerprint density at radius 2 is 1.74 bits per heavy atom. The third-order valence-electron chi connectivity index (χ3n) is 4.92. The Morgan fingerprint density at radius 3 is 2.35 bits per heavy atom. The molecule has 2 fully saturated rings. The zero-order chi connectivity index (χ0) is 16.3. The average Bonchev–Trinajstić information content (AvgIpc) is 3.21. The first-order valence-electron chi connectivity index (χ1n) is 8.44. The SMILES string of the molecule is O=C(NCCc1ccc(Cl)cc1)C1(C(=O)NC2CCCC2)CC1. The molecular weight excluding hydrogens is 312 g/mol. The Morgan fingerprint density at radius 1 is 1.09 bits per heavy atom. The van der Waals surface area contributed by atoms with E-state index in [1.165, 1.54) is 12.8 Å². The first-order chi connectivity index (χ1) is 11.1. The molecule has 2 N–H and O–H groups in total. The summed E-state index contributed by atoms with van der Waals surface area (Å²) in [5.74, 6) is -0.199. The molecule has 0 heterocycles. The Kier molecular flexibility index (Phi) is 4.90. The molecular formula is C18H23ClN2O2. The second kappa shape index (κ2) is 6.91. The minimum absolute atomic E-state index is 0.0756. The van der Waals surface area contributed by atoms with E-state index < -0.39 is 5.41 Å². The van der Waals surface area contributed by atoms with Gasteiger partial charge in [0.05, 0.1) is 0 Å². The zero-order valence-electron chi connectivity index (χ0n) is 13.2. The maximum atomic E-state index is 12.4. The van der Waals surface area contributed by atoms with E-state index >= 15 is 0 Å². The number of nitrogens with one attached hydrogen (secondary N) is 2. The number of amides is 2. The molecule has 0 radical (unpaired) electrons. The van der Waals surface area contributed by atoms with E-state index in [2.05, 4.69) is 10.6 Å². The highest BCUT2D eigenvalue weighted by Gasteiger charge is 2.56. The Hall–Kier alpha value is -1.55. The molecule has 0 saturated heterocycles. The lowest BCUT2D eigenvalue weighted by Crippen LogP contribution is -2.46. The highest BCUT2D eigenvalue weighted by molar-refractivity contribution is 6.30. The van der Waals surface area contributed by atoms with Gasteiger partial charge in [-0.15, -0.1) is 0 Å². The summed E-state index contributed by atoms with van der Waals surface area (Å²) in [6.07, 6.45) is 6.50. The van der Waals surface area contributed by atoms with Crippen molar-refractivity contribution in [2.24, 2.45) is 5.41 Å². The normalized spacial score (nSPS) is 19.3. The van der Waals surface area contributed by atoms with Crippen molar-refractivity contribution in [2.45, 2.75) is 51.0 Å². The third kappa shape index (κ3) is 3.86. The number of hydrogen-bond acceptors (Lipinski definition) is 2. The van der Waals surface area contributed by atoms with Crippen LogP contribution in [0.15, 0.2) is 24.3 Å². The van der Waals surface area contributed by atoms with Crippen molar-refractivity contribution >= 4 is 23.4 Å². The largest absolute Gasteiger partial charge is 0.355 e. The van der Waals surface area contributed by atoms with Crippen LogP contribution >= 0.6 is 11.6 Å². The quantitative estimate of drug-likeness (QED) is 0.786. The van der Waals surface area contributed by atoms with E-state index in [0.29, 0.717) is 24.4 Å². The van der Waals surface area contributed by atoms with Gasteiger partial charge in [0.1, 0.15) is 5.41 Å².